The van der Waals surface area contributed by atoms with Crippen LogP contribution in [0.1, 0.15) is 29.3 Å². The van der Waals surface area contributed by atoms with E-state index in [1.807, 2.05) is 0 Å². The highest BCUT2D eigenvalue weighted by Gasteiger charge is 2.06. The van der Waals surface area contributed by atoms with Gasteiger partial charge >= 0.3 is 5.97 Å². The molecule has 0 fully saturated rings. The average molecular weight is 207 g/mol. The number of aryl methyl sites for hydroxylation is 1. The minimum absolute atomic E-state index is 0.0568. The largest absolute Gasteiger partial charge is 0.481 e. The van der Waals surface area contributed by atoms with Gasteiger partial charge in [-0.1, -0.05) is 6.07 Å². The van der Waals surface area contributed by atoms with Crippen molar-refractivity contribution in [2.75, 3.05) is 5.73 Å². The van der Waals surface area contributed by atoms with Gasteiger partial charge in [0.1, 0.15) is 0 Å². The van der Waals surface area contributed by atoms with E-state index in [9.17, 15) is 9.59 Å². The number of nitrogen functional groups attached to an aromatic ring is 1. The number of carboxylic acids is 1. The van der Waals surface area contributed by atoms with Crippen LogP contribution in [0.25, 0.3) is 0 Å². The Labute approximate surface area is 87.7 Å². The van der Waals surface area contributed by atoms with Crippen molar-refractivity contribution in [3.8, 4) is 0 Å². The molecule has 1 aromatic carbocycles. The fourth-order valence-electron chi connectivity index (χ4n) is 1.32. The van der Waals surface area contributed by atoms with Crippen LogP contribution >= 0.6 is 0 Å². The molecule has 0 aromatic heterocycles. The third-order valence-electron chi connectivity index (χ3n) is 2.12. The van der Waals surface area contributed by atoms with Gasteiger partial charge in [0.25, 0.3) is 0 Å². The summed E-state index contributed by atoms with van der Waals surface area (Å²) in [5, 5.41) is 8.52. The zero-order valence-electron chi connectivity index (χ0n) is 8.49. The molecule has 0 amide bonds. The van der Waals surface area contributed by atoms with E-state index in [0.717, 1.165) is 5.56 Å². The topological polar surface area (TPSA) is 80.4 Å². The van der Waals surface area contributed by atoms with E-state index in [1.54, 1.807) is 18.2 Å². The molecule has 0 aliphatic carbocycles. The van der Waals surface area contributed by atoms with Crippen molar-refractivity contribution in [3.63, 3.8) is 0 Å². The molecule has 0 saturated carbocycles. The van der Waals surface area contributed by atoms with Gasteiger partial charge in [-0.2, -0.15) is 0 Å². The van der Waals surface area contributed by atoms with Gasteiger partial charge < -0.3 is 10.8 Å². The van der Waals surface area contributed by atoms with Crippen LogP contribution in [-0.2, 0) is 11.2 Å². The predicted molar refractivity (Wildman–Crippen MR) is 56.8 cm³/mol. The number of aliphatic carboxylic acids is 1. The van der Waals surface area contributed by atoms with Crippen molar-refractivity contribution in [3.05, 3.63) is 29.3 Å². The number of nitrogens with two attached hydrogens (primary N) is 1. The second-order valence-corrected chi connectivity index (χ2v) is 3.37. The summed E-state index contributed by atoms with van der Waals surface area (Å²) in [5.41, 5.74) is 7.31. The van der Waals surface area contributed by atoms with Crippen LogP contribution < -0.4 is 5.73 Å². The lowest BCUT2D eigenvalue weighted by Crippen LogP contribution is -2.02. The Hall–Kier alpha value is -1.84. The molecule has 0 atom stereocenters. The van der Waals surface area contributed by atoms with Gasteiger partial charge in [0.15, 0.2) is 5.78 Å². The number of hydrogen-bond donors (Lipinski definition) is 2. The molecular formula is C11H13NO3. The number of carbonyl (C=O) groups excluding carboxylic acids is 1. The van der Waals surface area contributed by atoms with Gasteiger partial charge in [-0.25, -0.2) is 0 Å². The minimum Gasteiger partial charge on any atom is -0.481 e. The summed E-state index contributed by atoms with van der Waals surface area (Å²) in [7, 11) is 0. The number of benzene rings is 1. The quantitative estimate of drug-likeness (QED) is 0.579. The second kappa shape index (κ2) is 4.59. The maximum atomic E-state index is 11.2. The van der Waals surface area contributed by atoms with Crippen molar-refractivity contribution in [2.24, 2.45) is 0 Å². The third-order valence-corrected chi connectivity index (χ3v) is 2.12. The van der Waals surface area contributed by atoms with E-state index in [-0.39, 0.29) is 12.2 Å². The van der Waals surface area contributed by atoms with Crippen LogP contribution in [0, 0.1) is 0 Å². The molecule has 0 spiro atoms. The first-order chi connectivity index (χ1) is 7.00. The van der Waals surface area contributed by atoms with Gasteiger partial charge in [-0.05, 0) is 31.0 Å². The molecule has 3 N–H and O–H groups in total. The molecule has 0 aliphatic rings. The highest BCUT2D eigenvalue weighted by molar-refractivity contribution is 5.99. The standard InChI is InChI=1S/C11H13NO3/c1-7(13)9-6-8(2-4-10(9)12)3-5-11(14)15/h2,4,6H,3,5,12H2,1H3,(H,14,15). The first-order valence-corrected chi connectivity index (χ1v) is 4.62. The highest BCUT2D eigenvalue weighted by atomic mass is 16.4. The molecule has 15 heavy (non-hydrogen) atoms. The number of hydrogen-bond acceptors (Lipinski definition) is 3. The number of anilines is 1. The summed E-state index contributed by atoms with van der Waals surface area (Å²) in [6.45, 7) is 1.44. The molecule has 1 aromatic rings. The summed E-state index contributed by atoms with van der Waals surface area (Å²) < 4.78 is 0. The smallest absolute Gasteiger partial charge is 0.303 e. The Morgan fingerprint density at radius 1 is 1.40 bits per heavy atom. The molecule has 0 aliphatic heterocycles. The first kappa shape index (κ1) is 11.2. The predicted octanol–water partition coefficient (Wildman–Crippen LogP) is 1.49. The fraction of sp³-hybridized carbons (Fsp3) is 0.273. The summed E-state index contributed by atoms with van der Waals surface area (Å²) in [4.78, 5) is 21.5. The summed E-state index contributed by atoms with van der Waals surface area (Å²) in [5.74, 6) is -0.958. The van der Waals surface area contributed by atoms with Crippen LogP contribution in [0.4, 0.5) is 5.69 Å². The lowest BCUT2D eigenvalue weighted by molar-refractivity contribution is -0.136. The molecule has 1 rings (SSSR count). The highest BCUT2D eigenvalue weighted by Crippen LogP contribution is 2.15. The van der Waals surface area contributed by atoms with Crippen LogP contribution in [-0.4, -0.2) is 16.9 Å². The van der Waals surface area contributed by atoms with Crippen LogP contribution in [0.3, 0.4) is 0 Å². The van der Waals surface area contributed by atoms with E-state index in [4.69, 9.17) is 10.8 Å². The lowest BCUT2D eigenvalue weighted by atomic mass is 10.0. The molecule has 4 nitrogen and oxygen atoms in total. The zero-order chi connectivity index (χ0) is 11.4. The Bertz CT molecular complexity index is 399. The fourth-order valence-corrected chi connectivity index (χ4v) is 1.32. The van der Waals surface area contributed by atoms with Gasteiger partial charge in [0.05, 0.1) is 0 Å². The molecule has 0 radical (unpaired) electrons. The maximum Gasteiger partial charge on any atom is 0.303 e. The average Bonchev–Trinajstić information content (AvgIpc) is 2.16. The van der Waals surface area contributed by atoms with Gasteiger partial charge in [-0.15, -0.1) is 0 Å². The van der Waals surface area contributed by atoms with Crippen LogP contribution in [0.5, 0.6) is 0 Å². The Morgan fingerprint density at radius 3 is 2.60 bits per heavy atom. The van der Waals surface area contributed by atoms with E-state index in [2.05, 4.69) is 0 Å². The summed E-state index contributed by atoms with van der Waals surface area (Å²) in [6, 6.07) is 5.03. The number of ketones is 1. The van der Waals surface area contributed by atoms with E-state index < -0.39 is 5.97 Å². The van der Waals surface area contributed by atoms with Crippen molar-refractivity contribution in [1.82, 2.24) is 0 Å². The molecule has 0 bridgehead atoms. The molecule has 0 saturated heterocycles. The molecule has 80 valence electrons. The second-order valence-electron chi connectivity index (χ2n) is 3.37. The van der Waals surface area contributed by atoms with Gasteiger partial charge in [-0.3, -0.25) is 9.59 Å². The minimum atomic E-state index is -0.851. The number of Topliss-reactive ketones (excluding diaryl/α,β-unsaturated/α-hetero) is 1. The lowest BCUT2D eigenvalue weighted by Gasteiger charge is -2.04. The number of carboxylic acid groups (broad SMARTS) is 1. The monoisotopic (exact) mass is 207 g/mol. The van der Waals surface area contributed by atoms with E-state index in [0.29, 0.717) is 17.7 Å². The molecular weight excluding hydrogens is 194 g/mol. The normalized spacial score (nSPS) is 9.93. The summed E-state index contributed by atoms with van der Waals surface area (Å²) >= 11 is 0. The van der Waals surface area contributed by atoms with Crippen molar-refractivity contribution < 1.29 is 14.7 Å². The SMILES string of the molecule is CC(=O)c1cc(CCC(=O)O)ccc1N. The Balaban J connectivity index is 2.87. The van der Waals surface area contributed by atoms with E-state index >= 15 is 0 Å². The zero-order valence-corrected chi connectivity index (χ0v) is 8.49. The molecule has 0 heterocycles. The number of rotatable bonds is 4. The van der Waals surface area contributed by atoms with Gasteiger partial charge in [0.2, 0.25) is 0 Å². The van der Waals surface area contributed by atoms with Crippen molar-refractivity contribution >= 4 is 17.4 Å². The molecule has 0 unspecified atom stereocenters. The maximum absolute atomic E-state index is 11.2. The van der Waals surface area contributed by atoms with Crippen LogP contribution in [0.2, 0.25) is 0 Å². The first-order valence-electron chi connectivity index (χ1n) is 4.62. The van der Waals surface area contributed by atoms with Crippen molar-refractivity contribution in [1.29, 1.82) is 0 Å². The summed E-state index contributed by atoms with van der Waals surface area (Å²) in [6.07, 6.45) is 0.469. The third kappa shape index (κ3) is 3.09. The Kier molecular flexibility index (Phi) is 3.44. The Morgan fingerprint density at radius 2 is 2.07 bits per heavy atom. The van der Waals surface area contributed by atoms with Gasteiger partial charge in [0, 0.05) is 17.7 Å². The van der Waals surface area contributed by atoms with Crippen molar-refractivity contribution in [2.45, 2.75) is 19.8 Å². The van der Waals surface area contributed by atoms with Crippen LogP contribution in [0.15, 0.2) is 18.2 Å². The van der Waals surface area contributed by atoms with E-state index in [1.165, 1.54) is 6.92 Å². The molecule has 4 heteroatoms. The number of carbonyl (C=O) groups is 2.